The van der Waals surface area contributed by atoms with Crippen LogP contribution in [0.15, 0.2) is 48.9 Å². The Hall–Kier alpha value is -3.09. The van der Waals surface area contributed by atoms with Crippen LogP contribution in [0.4, 0.5) is 10.6 Å². The van der Waals surface area contributed by atoms with Crippen molar-refractivity contribution >= 4 is 22.9 Å². The summed E-state index contributed by atoms with van der Waals surface area (Å²) in [5.41, 5.74) is 0.866. The van der Waals surface area contributed by atoms with Gasteiger partial charge >= 0.3 is 6.09 Å². The zero-order chi connectivity index (χ0) is 19.1. The standard InChI is InChI=1S/C21H23N5O2/c1-25(20-18-7-8-22-19(18)23-13-24-20)16-9-14-11-26(12-15(14)10-16)21(27)28-17-5-3-2-4-6-17/h2-8,13-16H,9-12H2,1H3,(H,22,23,24)/t14-,15?,16+/m1/s1. The van der Waals surface area contributed by atoms with Gasteiger partial charge < -0.3 is 19.5 Å². The monoisotopic (exact) mass is 377 g/mol. The lowest BCUT2D eigenvalue weighted by molar-refractivity contribution is 0.159. The van der Waals surface area contributed by atoms with Crippen LogP contribution in [0.25, 0.3) is 11.0 Å². The van der Waals surface area contributed by atoms with Gasteiger partial charge in [0.15, 0.2) is 0 Å². The van der Waals surface area contributed by atoms with Crippen LogP contribution in [0.1, 0.15) is 12.8 Å². The molecule has 144 valence electrons. The number of aromatic amines is 1. The summed E-state index contributed by atoms with van der Waals surface area (Å²) in [4.78, 5) is 28.6. The van der Waals surface area contributed by atoms with Crippen LogP contribution in [0.2, 0.25) is 0 Å². The number of fused-ring (bicyclic) bond motifs is 2. The van der Waals surface area contributed by atoms with Gasteiger partial charge in [0.1, 0.15) is 23.5 Å². The molecule has 1 saturated carbocycles. The third-order valence-electron chi connectivity index (χ3n) is 6.15. The molecule has 1 aromatic carbocycles. The van der Waals surface area contributed by atoms with Gasteiger partial charge in [0.2, 0.25) is 0 Å². The Morgan fingerprint density at radius 3 is 2.64 bits per heavy atom. The topological polar surface area (TPSA) is 74.4 Å². The van der Waals surface area contributed by atoms with Crippen molar-refractivity contribution < 1.29 is 9.53 Å². The molecule has 0 radical (unpaired) electrons. The number of nitrogens with zero attached hydrogens (tertiary/aromatic N) is 4. The highest BCUT2D eigenvalue weighted by atomic mass is 16.6. The number of nitrogens with one attached hydrogen (secondary N) is 1. The van der Waals surface area contributed by atoms with Crippen LogP contribution >= 0.6 is 0 Å². The average molecular weight is 377 g/mol. The van der Waals surface area contributed by atoms with Crippen LogP contribution < -0.4 is 9.64 Å². The number of hydrogen-bond donors (Lipinski definition) is 1. The molecular weight excluding hydrogens is 354 g/mol. The molecule has 3 heterocycles. The number of rotatable bonds is 3. The largest absolute Gasteiger partial charge is 0.415 e. The molecule has 1 unspecified atom stereocenters. The lowest BCUT2D eigenvalue weighted by Gasteiger charge is -2.27. The van der Waals surface area contributed by atoms with Crippen molar-refractivity contribution in [3.8, 4) is 5.75 Å². The summed E-state index contributed by atoms with van der Waals surface area (Å²) >= 11 is 0. The summed E-state index contributed by atoms with van der Waals surface area (Å²) in [6.45, 7) is 1.54. The van der Waals surface area contributed by atoms with E-state index in [0.717, 1.165) is 42.8 Å². The zero-order valence-corrected chi connectivity index (χ0v) is 15.8. The summed E-state index contributed by atoms with van der Waals surface area (Å²) in [7, 11) is 2.11. The molecule has 2 aromatic heterocycles. The van der Waals surface area contributed by atoms with Gasteiger partial charge in [-0.3, -0.25) is 0 Å². The number of para-hydroxylation sites is 1. The van der Waals surface area contributed by atoms with Gasteiger partial charge in [-0.2, -0.15) is 0 Å². The van der Waals surface area contributed by atoms with E-state index in [1.165, 1.54) is 0 Å². The van der Waals surface area contributed by atoms with E-state index in [2.05, 4.69) is 26.9 Å². The number of ether oxygens (including phenoxy) is 1. The molecule has 0 bridgehead atoms. The summed E-state index contributed by atoms with van der Waals surface area (Å²) in [6.07, 6.45) is 5.39. The highest BCUT2D eigenvalue weighted by Crippen LogP contribution is 2.41. The highest BCUT2D eigenvalue weighted by molar-refractivity contribution is 5.87. The van der Waals surface area contributed by atoms with Crippen molar-refractivity contribution in [1.82, 2.24) is 19.9 Å². The molecule has 3 atom stereocenters. The molecule has 1 amide bonds. The maximum Gasteiger partial charge on any atom is 0.415 e. The van der Waals surface area contributed by atoms with Crippen LogP contribution in [0.5, 0.6) is 5.75 Å². The van der Waals surface area contributed by atoms with Crippen molar-refractivity contribution in [3.05, 3.63) is 48.9 Å². The number of aromatic nitrogens is 3. The minimum Gasteiger partial charge on any atom is -0.410 e. The molecule has 1 saturated heterocycles. The van der Waals surface area contributed by atoms with Crippen molar-refractivity contribution in [2.75, 3.05) is 25.0 Å². The fourth-order valence-electron chi connectivity index (χ4n) is 4.70. The SMILES string of the molecule is CN(c1ncnc2[nH]ccc12)[C@@H]1CC2CN(C(=O)Oc3ccccc3)C[C@H]2C1. The number of anilines is 1. The van der Waals surface area contributed by atoms with Crippen molar-refractivity contribution in [2.45, 2.75) is 18.9 Å². The first-order valence-corrected chi connectivity index (χ1v) is 9.72. The first-order valence-electron chi connectivity index (χ1n) is 9.72. The first-order chi connectivity index (χ1) is 13.7. The first kappa shape index (κ1) is 17.0. The van der Waals surface area contributed by atoms with E-state index >= 15 is 0 Å². The van der Waals surface area contributed by atoms with E-state index in [4.69, 9.17) is 4.74 Å². The minimum atomic E-state index is -0.240. The number of likely N-dealkylation sites (tertiary alicyclic amines) is 1. The second-order valence-electron chi connectivity index (χ2n) is 7.78. The molecule has 5 rings (SSSR count). The Labute approximate surface area is 163 Å². The summed E-state index contributed by atoms with van der Waals surface area (Å²) in [5.74, 6) is 2.59. The maximum atomic E-state index is 12.5. The van der Waals surface area contributed by atoms with E-state index in [9.17, 15) is 4.79 Å². The normalized spacial score (nSPS) is 23.8. The van der Waals surface area contributed by atoms with E-state index in [-0.39, 0.29) is 6.09 Å². The molecule has 1 N–H and O–H groups in total. The number of carbonyl (C=O) groups is 1. The Morgan fingerprint density at radius 1 is 1.14 bits per heavy atom. The molecule has 7 heteroatoms. The van der Waals surface area contributed by atoms with Crippen LogP contribution in [-0.2, 0) is 0 Å². The van der Waals surface area contributed by atoms with Gasteiger partial charge in [0.05, 0.1) is 5.39 Å². The minimum absolute atomic E-state index is 0.240. The number of carbonyl (C=O) groups excluding carboxylic acids is 1. The van der Waals surface area contributed by atoms with Crippen LogP contribution in [0, 0.1) is 11.8 Å². The highest BCUT2D eigenvalue weighted by Gasteiger charge is 2.44. The van der Waals surface area contributed by atoms with Gasteiger partial charge in [-0.15, -0.1) is 0 Å². The fourth-order valence-corrected chi connectivity index (χ4v) is 4.70. The van der Waals surface area contributed by atoms with E-state index in [0.29, 0.717) is 23.6 Å². The predicted octanol–water partition coefficient (Wildman–Crippen LogP) is 3.30. The Balaban J connectivity index is 1.23. The molecule has 0 spiro atoms. The summed E-state index contributed by atoms with van der Waals surface area (Å²) < 4.78 is 5.50. The quantitative estimate of drug-likeness (QED) is 0.758. The van der Waals surface area contributed by atoms with Crippen molar-refractivity contribution in [1.29, 1.82) is 0 Å². The Bertz CT molecular complexity index is 975. The third kappa shape index (κ3) is 2.96. The van der Waals surface area contributed by atoms with Gasteiger partial charge in [-0.25, -0.2) is 14.8 Å². The second-order valence-corrected chi connectivity index (χ2v) is 7.78. The van der Waals surface area contributed by atoms with Gasteiger partial charge in [-0.05, 0) is 42.9 Å². The number of amides is 1. The van der Waals surface area contributed by atoms with Gasteiger partial charge in [0, 0.05) is 32.4 Å². The van der Waals surface area contributed by atoms with Crippen LogP contribution in [-0.4, -0.2) is 52.1 Å². The lowest BCUT2D eigenvalue weighted by Crippen LogP contribution is -2.35. The maximum absolute atomic E-state index is 12.5. The van der Waals surface area contributed by atoms with Crippen molar-refractivity contribution in [3.63, 3.8) is 0 Å². The van der Waals surface area contributed by atoms with Gasteiger partial charge in [0.25, 0.3) is 0 Å². The lowest BCUT2D eigenvalue weighted by atomic mass is 10.0. The Morgan fingerprint density at radius 2 is 1.89 bits per heavy atom. The average Bonchev–Trinajstić information content (AvgIpc) is 3.42. The third-order valence-corrected chi connectivity index (χ3v) is 6.15. The van der Waals surface area contributed by atoms with Crippen LogP contribution in [0.3, 0.4) is 0 Å². The fraction of sp³-hybridized carbons (Fsp3) is 0.381. The zero-order valence-electron chi connectivity index (χ0n) is 15.8. The van der Waals surface area contributed by atoms with Gasteiger partial charge in [-0.1, -0.05) is 18.2 Å². The Kier molecular flexibility index (Phi) is 4.15. The molecule has 7 nitrogen and oxygen atoms in total. The molecule has 1 aliphatic carbocycles. The van der Waals surface area contributed by atoms with Crippen molar-refractivity contribution in [2.24, 2.45) is 11.8 Å². The molecular formula is C21H23N5O2. The molecule has 28 heavy (non-hydrogen) atoms. The second kappa shape index (κ2) is 6.82. The van der Waals surface area contributed by atoms with E-state index in [1.54, 1.807) is 6.33 Å². The molecule has 2 fully saturated rings. The number of hydrogen-bond acceptors (Lipinski definition) is 5. The number of benzene rings is 1. The van der Waals surface area contributed by atoms with E-state index < -0.39 is 0 Å². The predicted molar refractivity (Wildman–Crippen MR) is 106 cm³/mol. The smallest absolute Gasteiger partial charge is 0.410 e. The number of H-pyrrole nitrogens is 1. The molecule has 2 aliphatic rings. The molecule has 1 aliphatic heterocycles. The molecule has 3 aromatic rings. The summed E-state index contributed by atoms with van der Waals surface area (Å²) in [5, 5.41) is 1.05. The summed E-state index contributed by atoms with van der Waals surface area (Å²) in [6, 6.07) is 11.7. The van der Waals surface area contributed by atoms with E-state index in [1.807, 2.05) is 47.5 Å².